The van der Waals surface area contributed by atoms with Gasteiger partial charge in [-0.1, -0.05) is 30.3 Å². The minimum Gasteiger partial charge on any atom is -0.350 e. The number of rotatable bonds is 4. The molecule has 1 amide bonds. The number of amides is 1. The van der Waals surface area contributed by atoms with Crippen LogP contribution in [-0.4, -0.2) is 45.2 Å². The monoisotopic (exact) mass is 272 g/mol. The van der Waals surface area contributed by atoms with E-state index in [4.69, 9.17) is 0 Å². The Kier molecular flexibility index (Phi) is 3.69. The molecule has 1 aromatic carbocycles. The molecule has 0 aliphatic carbocycles. The van der Waals surface area contributed by atoms with Crippen LogP contribution in [0.4, 0.5) is 0 Å². The Morgan fingerprint density at radius 2 is 2.25 bits per heavy atom. The molecule has 2 N–H and O–H groups in total. The summed E-state index contributed by atoms with van der Waals surface area (Å²) < 4.78 is 0. The van der Waals surface area contributed by atoms with E-state index in [2.05, 4.69) is 26.0 Å². The molecular formula is C13H16N6O. The van der Waals surface area contributed by atoms with Crippen LogP contribution in [0.25, 0.3) is 11.4 Å². The number of benzene rings is 1. The summed E-state index contributed by atoms with van der Waals surface area (Å²) >= 11 is 0. The van der Waals surface area contributed by atoms with Crippen molar-refractivity contribution in [3.05, 3.63) is 30.3 Å². The lowest BCUT2D eigenvalue weighted by atomic mass is 10.2. The first-order valence-corrected chi connectivity index (χ1v) is 6.64. The summed E-state index contributed by atoms with van der Waals surface area (Å²) in [6.45, 7) is 1.87. The predicted molar refractivity (Wildman–Crippen MR) is 72.7 cm³/mol. The Bertz CT molecular complexity index is 576. The van der Waals surface area contributed by atoms with Crippen molar-refractivity contribution in [2.24, 2.45) is 0 Å². The summed E-state index contributed by atoms with van der Waals surface area (Å²) in [6.07, 6.45) is 0.964. The molecule has 0 bridgehead atoms. The van der Waals surface area contributed by atoms with Gasteiger partial charge in [0.1, 0.15) is 6.54 Å². The van der Waals surface area contributed by atoms with E-state index in [1.807, 2.05) is 30.3 Å². The first-order chi connectivity index (χ1) is 9.81. The Morgan fingerprint density at radius 3 is 3.00 bits per heavy atom. The largest absolute Gasteiger partial charge is 0.350 e. The van der Waals surface area contributed by atoms with E-state index >= 15 is 0 Å². The molecule has 3 rings (SSSR count). The number of hydrogen-bond acceptors (Lipinski definition) is 5. The molecule has 7 nitrogen and oxygen atoms in total. The van der Waals surface area contributed by atoms with E-state index in [9.17, 15) is 4.79 Å². The van der Waals surface area contributed by atoms with Crippen LogP contribution in [0.15, 0.2) is 30.3 Å². The number of nitrogens with one attached hydrogen (secondary N) is 2. The van der Waals surface area contributed by atoms with Crippen LogP contribution in [0, 0.1) is 0 Å². The van der Waals surface area contributed by atoms with Gasteiger partial charge in [-0.25, -0.2) is 0 Å². The van der Waals surface area contributed by atoms with Gasteiger partial charge >= 0.3 is 0 Å². The van der Waals surface area contributed by atoms with Crippen LogP contribution in [0.2, 0.25) is 0 Å². The summed E-state index contributed by atoms with van der Waals surface area (Å²) in [7, 11) is 0. The highest BCUT2D eigenvalue weighted by atomic mass is 16.2. The van der Waals surface area contributed by atoms with Crippen molar-refractivity contribution >= 4 is 5.91 Å². The maximum atomic E-state index is 11.8. The maximum absolute atomic E-state index is 11.8. The lowest BCUT2D eigenvalue weighted by molar-refractivity contribution is -0.122. The highest BCUT2D eigenvalue weighted by molar-refractivity contribution is 5.75. The molecule has 1 aliphatic heterocycles. The predicted octanol–water partition coefficient (Wildman–Crippen LogP) is -0.182. The zero-order chi connectivity index (χ0) is 13.8. The fourth-order valence-corrected chi connectivity index (χ4v) is 2.19. The highest BCUT2D eigenvalue weighted by Gasteiger charge is 2.17. The van der Waals surface area contributed by atoms with Gasteiger partial charge in [0.15, 0.2) is 0 Å². The van der Waals surface area contributed by atoms with Gasteiger partial charge < -0.3 is 10.6 Å². The summed E-state index contributed by atoms with van der Waals surface area (Å²) in [5.41, 5.74) is 0.888. The summed E-state index contributed by atoms with van der Waals surface area (Å²) in [4.78, 5) is 13.2. The molecule has 2 aromatic rings. The van der Waals surface area contributed by atoms with Gasteiger partial charge in [0, 0.05) is 18.2 Å². The fraction of sp³-hybridized carbons (Fsp3) is 0.385. The van der Waals surface area contributed by atoms with E-state index in [1.165, 1.54) is 4.80 Å². The fourth-order valence-electron chi connectivity index (χ4n) is 2.19. The van der Waals surface area contributed by atoms with Gasteiger partial charge in [0.25, 0.3) is 0 Å². The second kappa shape index (κ2) is 5.79. The molecular weight excluding hydrogens is 256 g/mol. The minimum absolute atomic E-state index is 0.0873. The second-order valence-electron chi connectivity index (χ2n) is 4.77. The average molecular weight is 272 g/mol. The Morgan fingerprint density at radius 1 is 1.40 bits per heavy atom. The summed E-state index contributed by atoms with van der Waals surface area (Å²) in [5, 5.41) is 18.2. The number of nitrogens with zero attached hydrogens (tertiary/aromatic N) is 4. The quantitative estimate of drug-likeness (QED) is 0.806. The van der Waals surface area contributed by atoms with E-state index in [1.54, 1.807) is 0 Å². The lowest BCUT2D eigenvalue weighted by Gasteiger charge is -2.10. The molecule has 1 aliphatic rings. The van der Waals surface area contributed by atoms with E-state index in [-0.39, 0.29) is 18.5 Å². The van der Waals surface area contributed by atoms with Crippen LogP contribution in [0.1, 0.15) is 6.42 Å². The Balaban J connectivity index is 1.61. The van der Waals surface area contributed by atoms with Gasteiger partial charge in [-0.2, -0.15) is 4.80 Å². The smallest absolute Gasteiger partial charge is 0.243 e. The third-order valence-corrected chi connectivity index (χ3v) is 3.20. The SMILES string of the molecule is O=C(Cn1nnc(-c2ccccc2)n1)NC1CCNC1. The minimum atomic E-state index is -0.0873. The molecule has 1 unspecified atom stereocenters. The molecule has 1 aromatic heterocycles. The standard InChI is InChI=1S/C13H16N6O/c20-12(15-11-6-7-14-8-11)9-19-17-13(16-18-19)10-4-2-1-3-5-10/h1-5,11,14H,6-9H2,(H,15,20). The summed E-state index contributed by atoms with van der Waals surface area (Å²) in [5.74, 6) is 0.441. The Hall–Kier alpha value is -2.28. The maximum Gasteiger partial charge on any atom is 0.243 e. The number of hydrogen-bond donors (Lipinski definition) is 2. The molecule has 1 fully saturated rings. The van der Waals surface area contributed by atoms with Gasteiger partial charge in [0.05, 0.1) is 0 Å². The first-order valence-electron chi connectivity index (χ1n) is 6.64. The third-order valence-electron chi connectivity index (χ3n) is 3.20. The topological polar surface area (TPSA) is 84.7 Å². The van der Waals surface area contributed by atoms with Crippen molar-refractivity contribution in [1.82, 2.24) is 30.8 Å². The van der Waals surface area contributed by atoms with Crippen LogP contribution in [0.5, 0.6) is 0 Å². The molecule has 1 saturated heterocycles. The van der Waals surface area contributed by atoms with Crippen molar-refractivity contribution in [2.75, 3.05) is 13.1 Å². The zero-order valence-electron chi connectivity index (χ0n) is 11.0. The average Bonchev–Trinajstić information content (AvgIpc) is 3.11. The van der Waals surface area contributed by atoms with Crippen LogP contribution in [-0.2, 0) is 11.3 Å². The van der Waals surface area contributed by atoms with E-state index in [0.717, 1.165) is 25.1 Å². The number of tetrazole rings is 1. The molecule has 1 atom stereocenters. The van der Waals surface area contributed by atoms with E-state index < -0.39 is 0 Å². The van der Waals surface area contributed by atoms with Crippen molar-refractivity contribution < 1.29 is 4.79 Å². The van der Waals surface area contributed by atoms with Crippen LogP contribution in [0.3, 0.4) is 0 Å². The lowest BCUT2D eigenvalue weighted by Crippen LogP contribution is -2.38. The summed E-state index contributed by atoms with van der Waals surface area (Å²) in [6, 6.07) is 9.78. The van der Waals surface area contributed by atoms with Gasteiger partial charge in [-0.05, 0) is 18.2 Å². The van der Waals surface area contributed by atoms with Crippen LogP contribution < -0.4 is 10.6 Å². The van der Waals surface area contributed by atoms with Gasteiger partial charge in [-0.15, -0.1) is 10.2 Å². The molecule has 2 heterocycles. The molecule has 20 heavy (non-hydrogen) atoms. The van der Waals surface area contributed by atoms with Crippen LogP contribution >= 0.6 is 0 Å². The number of carbonyl (C=O) groups excluding carboxylic acids is 1. The van der Waals surface area contributed by atoms with Crippen molar-refractivity contribution in [2.45, 2.75) is 19.0 Å². The molecule has 0 spiro atoms. The number of carbonyl (C=O) groups is 1. The Labute approximate surface area is 116 Å². The highest BCUT2D eigenvalue weighted by Crippen LogP contribution is 2.11. The molecule has 104 valence electrons. The van der Waals surface area contributed by atoms with Crippen molar-refractivity contribution in [3.8, 4) is 11.4 Å². The van der Waals surface area contributed by atoms with Gasteiger partial charge in [0.2, 0.25) is 11.7 Å². The first kappa shape index (κ1) is 12.7. The van der Waals surface area contributed by atoms with E-state index in [0.29, 0.717) is 5.82 Å². The zero-order valence-corrected chi connectivity index (χ0v) is 11.0. The van der Waals surface area contributed by atoms with Crippen molar-refractivity contribution in [3.63, 3.8) is 0 Å². The molecule has 0 radical (unpaired) electrons. The molecule has 0 saturated carbocycles. The van der Waals surface area contributed by atoms with Crippen molar-refractivity contribution in [1.29, 1.82) is 0 Å². The van der Waals surface area contributed by atoms with Gasteiger partial charge in [-0.3, -0.25) is 4.79 Å². The second-order valence-corrected chi connectivity index (χ2v) is 4.77. The molecule has 7 heteroatoms. The third kappa shape index (κ3) is 3.00. The normalized spacial score (nSPS) is 18.1. The number of aromatic nitrogens is 4.